The molecule has 0 bridgehead atoms. The van der Waals surface area contributed by atoms with E-state index in [1.54, 1.807) is 31.2 Å². The van der Waals surface area contributed by atoms with E-state index in [0.717, 1.165) is 0 Å². The predicted molar refractivity (Wildman–Crippen MR) is 82.6 cm³/mol. The summed E-state index contributed by atoms with van der Waals surface area (Å²) in [5.74, 6) is -0.138. The summed E-state index contributed by atoms with van der Waals surface area (Å²) in [7, 11) is 1.48. The summed E-state index contributed by atoms with van der Waals surface area (Å²) >= 11 is 0. The third kappa shape index (κ3) is 3.35. The quantitative estimate of drug-likeness (QED) is 0.596. The number of phenolic OH excluding ortho intramolecular Hbond substituents is 2. The number of benzene rings is 2. The molecule has 2 rings (SSSR count). The van der Waals surface area contributed by atoms with Crippen LogP contribution in [0.4, 0.5) is 0 Å². The summed E-state index contributed by atoms with van der Waals surface area (Å²) in [6, 6.07) is 9.47. The molecular formula is C16H16N2O4. The fraction of sp³-hybridized carbons (Fsp3) is 0.125. The number of para-hydroxylation sites is 1. The number of nitrogens with zero attached hydrogens (tertiary/aromatic N) is 1. The third-order valence-electron chi connectivity index (χ3n) is 3.06. The predicted octanol–water partition coefficient (Wildman–Crippen LogP) is 2.18. The molecule has 0 fully saturated rings. The Labute approximate surface area is 127 Å². The van der Waals surface area contributed by atoms with E-state index in [1.165, 1.54) is 25.5 Å². The van der Waals surface area contributed by atoms with Crippen LogP contribution in [0.1, 0.15) is 21.5 Å². The maximum atomic E-state index is 12.0. The molecule has 0 aliphatic heterocycles. The summed E-state index contributed by atoms with van der Waals surface area (Å²) in [5.41, 5.74) is 3.77. The van der Waals surface area contributed by atoms with Crippen LogP contribution in [0.5, 0.6) is 17.2 Å². The van der Waals surface area contributed by atoms with Gasteiger partial charge in [-0.2, -0.15) is 5.10 Å². The van der Waals surface area contributed by atoms with Crippen LogP contribution in [-0.2, 0) is 0 Å². The van der Waals surface area contributed by atoms with Gasteiger partial charge in [0.1, 0.15) is 17.2 Å². The van der Waals surface area contributed by atoms with Crippen molar-refractivity contribution in [2.24, 2.45) is 5.10 Å². The zero-order valence-electron chi connectivity index (χ0n) is 12.2. The van der Waals surface area contributed by atoms with E-state index in [1.807, 2.05) is 0 Å². The molecule has 0 saturated heterocycles. The molecule has 0 atom stereocenters. The number of aromatic hydroxyl groups is 2. The van der Waals surface area contributed by atoms with Crippen LogP contribution < -0.4 is 10.2 Å². The van der Waals surface area contributed by atoms with Crippen molar-refractivity contribution in [1.29, 1.82) is 0 Å². The monoisotopic (exact) mass is 300 g/mol. The summed E-state index contributed by atoms with van der Waals surface area (Å²) < 4.78 is 5.10. The van der Waals surface area contributed by atoms with Gasteiger partial charge in [0.2, 0.25) is 0 Å². The molecule has 114 valence electrons. The second kappa shape index (κ2) is 6.62. The summed E-state index contributed by atoms with van der Waals surface area (Å²) in [5, 5.41) is 22.9. The number of phenols is 2. The van der Waals surface area contributed by atoms with Crippen molar-refractivity contribution in [2.45, 2.75) is 6.92 Å². The second-order valence-electron chi connectivity index (χ2n) is 4.59. The van der Waals surface area contributed by atoms with Crippen LogP contribution in [-0.4, -0.2) is 29.4 Å². The first kappa shape index (κ1) is 15.4. The number of nitrogens with one attached hydrogen (secondary N) is 1. The fourth-order valence-electron chi connectivity index (χ4n) is 1.98. The Balaban J connectivity index is 2.15. The molecule has 0 aliphatic rings. The molecule has 0 aliphatic carbocycles. The van der Waals surface area contributed by atoms with Crippen LogP contribution in [0.2, 0.25) is 0 Å². The van der Waals surface area contributed by atoms with Gasteiger partial charge in [0, 0.05) is 11.6 Å². The molecule has 22 heavy (non-hydrogen) atoms. The molecule has 2 aromatic carbocycles. The Morgan fingerprint density at radius 1 is 1.27 bits per heavy atom. The average molecular weight is 300 g/mol. The second-order valence-corrected chi connectivity index (χ2v) is 4.59. The minimum Gasteiger partial charge on any atom is -0.508 e. The molecule has 0 spiro atoms. The number of aryl methyl sites for hydroxylation is 1. The zero-order valence-corrected chi connectivity index (χ0v) is 12.2. The van der Waals surface area contributed by atoms with E-state index in [9.17, 15) is 15.0 Å². The SMILES string of the molecule is COc1ccccc1C(=O)N/N=C\c1c(C)cc(O)cc1O. The van der Waals surface area contributed by atoms with E-state index in [-0.39, 0.29) is 11.5 Å². The minimum atomic E-state index is -0.426. The van der Waals surface area contributed by atoms with Gasteiger partial charge in [0.05, 0.1) is 18.9 Å². The highest BCUT2D eigenvalue weighted by Crippen LogP contribution is 2.25. The molecule has 2 aromatic rings. The van der Waals surface area contributed by atoms with Crippen molar-refractivity contribution in [3.05, 3.63) is 53.1 Å². The molecule has 0 heterocycles. The Morgan fingerprint density at radius 3 is 2.68 bits per heavy atom. The highest BCUT2D eigenvalue weighted by molar-refractivity contribution is 5.97. The number of hydrogen-bond acceptors (Lipinski definition) is 5. The largest absolute Gasteiger partial charge is 0.508 e. The Morgan fingerprint density at radius 2 is 2.00 bits per heavy atom. The fourth-order valence-corrected chi connectivity index (χ4v) is 1.98. The Bertz CT molecular complexity index is 703. The van der Waals surface area contributed by atoms with E-state index in [0.29, 0.717) is 22.4 Å². The van der Waals surface area contributed by atoms with Gasteiger partial charge < -0.3 is 14.9 Å². The Kier molecular flexibility index (Phi) is 4.63. The van der Waals surface area contributed by atoms with Gasteiger partial charge in [0.15, 0.2) is 0 Å². The van der Waals surface area contributed by atoms with Gasteiger partial charge in [0.25, 0.3) is 5.91 Å². The minimum absolute atomic E-state index is 0.0368. The van der Waals surface area contributed by atoms with Crippen LogP contribution >= 0.6 is 0 Å². The van der Waals surface area contributed by atoms with Crippen LogP contribution in [0, 0.1) is 6.92 Å². The highest BCUT2D eigenvalue weighted by atomic mass is 16.5. The molecule has 0 saturated carbocycles. The first-order valence-corrected chi connectivity index (χ1v) is 6.52. The van der Waals surface area contributed by atoms with Gasteiger partial charge in [-0.15, -0.1) is 0 Å². The normalized spacial score (nSPS) is 10.6. The maximum absolute atomic E-state index is 12.0. The third-order valence-corrected chi connectivity index (χ3v) is 3.06. The molecule has 0 radical (unpaired) electrons. The van der Waals surface area contributed by atoms with Gasteiger partial charge in [-0.3, -0.25) is 4.79 Å². The highest BCUT2D eigenvalue weighted by Gasteiger charge is 2.10. The van der Waals surface area contributed by atoms with Gasteiger partial charge in [-0.05, 0) is 30.7 Å². The molecule has 3 N–H and O–H groups in total. The lowest BCUT2D eigenvalue weighted by atomic mass is 10.1. The number of amides is 1. The summed E-state index contributed by atoms with van der Waals surface area (Å²) in [4.78, 5) is 12.0. The Hall–Kier alpha value is -3.02. The van der Waals surface area contributed by atoms with Crippen molar-refractivity contribution in [2.75, 3.05) is 7.11 Å². The van der Waals surface area contributed by atoms with E-state index < -0.39 is 5.91 Å². The smallest absolute Gasteiger partial charge is 0.275 e. The van der Waals surface area contributed by atoms with Crippen molar-refractivity contribution in [3.8, 4) is 17.2 Å². The first-order valence-electron chi connectivity index (χ1n) is 6.52. The lowest BCUT2D eigenvalue weighted by Gasteiger charge is -2.07. The topological polar surface area (TPSA) is 91.2 Å². The summed E-state index contributed by atoms with van der Waals surface area (Å²) in [6.45, 7) is 1.71. The zero-order chi connectivity index (χ0) is 16.1. The average Bonchev–Trinajstić information content (AvgIpc) is 2.49. The molecule has 6 nitrogen and oxygen atoms in total. The number of carbonyl (C=O) groups is 1. The van der Waals surface area contributed by atoms with E-state index in [2.05, 4.69) is 10.5 Å². The number of carbonyl (C=O) groups excluding carboxylic acids is 1. The molecule has 6 heteroatoms. The lowest BCUT2D eigenvalue weighted by molar-refractivity contribution is 0.0952. The van der Waals surface area contributed by atoms with Crippen LogP contribution in [0.15, 0.2) is 41.5 Å². The number of hydrogen-bond donors (Lipinski definition) is 3. The maximum Gasteiger partial charge on any atom is 0.275 e. The van der Waals surface area contributed by atoms with E-state index >= 15 is 0 Å². The van der Waals surface area contributed by atoms with Crippen molar-refractivity contribution in [1.82, 2.24) is 5.43 Å². The van der Waals surface area contributed by atoms with Crippen LogP contribution in [0.25, 0.3) is 0 Å². The van der Waals surface area contributed by atoms with Crippen LogP contribution in [0.3, 0.4) is 0 Å². The number of rotatable bonds is 4. The number of hydrazone groups is 1. The lowest BCUT2D eigenvalue weighted by Crippen LogP contribution is -2.18. The number of methoxy groups -OCH3 is 1. The number of ether oxygens (including phenoxy) is 1. The van der Waals surface area contributed by atoms with Crippen molar-refractivity contribution >= 4 is 12.1 Å². The molecule has 1 amide bonds. The van der Waals surface area contributed by atoms with Crippen molar-refractivity contribution in [3.63, 3.8) is 0 Å². The molecule has 0 aromatic heterocycles. The standard InChI is InChI=1S/C16H16N2O4/c1-10-7-11(19)8-14(20)13(10)9-17-18-16(21)12-5-3-4-6-15(12)22-2/h3-9,19-20H,1-2H3,(H,18,21)/b17-9-. The summed E-state index contributed by atoms with van der Waals surface area (Å²) in [6.07, 6.45) is 1.32. The first-order chi connectivity index (χ1) is 10.5. The molecule has 0 unspecified atom stereocenters. The molecular weight excluding hydrogens is 284 g/mol. The van der Waals surface area contributed by atoms with Gasteiger partial charge in [-0.1, -0.05) is 12.1 Å². The van der Waals surface area contributed by atoms with Gasteiger partial charge >= 0.3 is 0 Å². The van der Waals surface area contributed by atoms with Gasteiger partial charge in [-0.25, -0.2) is 5.43 Å². The van der Waals surface area contributed by atoms with Crippen molar-refractivity contribution < 1.29 is 19.7 Å². The van der Waals surface area contributed by atoms with E-state index in [4.69, 9.17) is 4.74 Å².